The summed E-state index contributed by atoms with van der Waals surface area (Å²) in [5.41, 5.74) is -0.500. The van der Waals surface area contributed by atoms with Crippen LogP contribution in [0.4, 0.5) is 23.2 Å². The minimum Gasteiger partial charge on any atom is -0.452 e. The first-order valence-corrected chi connectivity index (χ1v) is 8.69. The number of benzene rings is 2. The molecule has 0 saturated carbocycles. The molecule has 160 valence electrons. The zero-order valence-electron chi connectivity index (χ0n) is 15.6. The van der Waals surface area contributed by atoms with E-state index in [1.165, 1.54) is 47.7 Å². The lowest BCUT2D eigenvalue weighted by atomic mass is 10.1. The molecule has 7 nitrogen and oxygen atoms in total. The Hall–Kier alpha value is -4.02. The summed E-state index contributed by atoms with van der Waals surface area (Å²) in [5, 5.41) is 6.11. The second kappa shape index (κ2) is 9.20. The number of halogens is 4. The number of anilines is 1. The molecular formula is C20H14F4N4O3. The summed E-state index contributed by atoms with van der Waals surface area (Å²) in [6.45, 7) is -0.736. The van der Waals surface area contributed by atoms with Crippen LogP contribution in [0.2, 0.25) is 0 Å². The largest absolute Gasteiger partial charge is 0.452 e. The Bertz CT molecular complexity index is 1090. The predicted molar refractivity (Wildman–Crippen MR) is 101 cm³/mol. The number of carbonyl (C=O) groups excluding carboxylic acids is 2. The van der Waals surface area contributed by atoms with E-state index in [-0.39, 0.29) is 11.4 Å². The van der Waals surface area contributed by atoms with Crippen LogP contribution in [-0.4, -0.2) is 33.2 Å². The topological polar surface area (TPSA) is 86.1 Å². The molecule has 3 aromatic rings. The zero-order valence-corrected chi connectivity index (χ0v) is 15.6. The summed E-state index contributed by atoms with van der Waals surface area (Å²) < 4.78 is 57.9. The summed E-state index contributed by atoms with van der Waals surface area (Å²) in [6.07, 6.45) is 0.190. The predicted octanol–water partition coefficient (Wildman–Crippen LogP) is 3.62. The van der Waals surface area contributed by atoms with E-state index < -0.39 is 36.0 Å². The third-order valence-corrected chi connectivity index (χ3v) is 3.89. The van der Waals surface area contributed by atoms with E-state index in [1.54, 1.807) is 0 Å². The molecule has 1 aromatic heterocycles. The second-order valence-electron chi connectivity index (χ2n) is 6.11. The summed E-state index contributed by atoms with van der Waals surface area (Å²) in [6, 6.07) is 8.00. The van der Waals surface area contributed by atoms with Crippen molar-refractivity contribution >= 4 is 23.6 Å². The number of hydrogen-bond donors (Lipinski definition) is 1. The van der Waals surface area contributed by atoms with Gasteiger partial charge in [0, 0.05) is 6.08 Å². The lowest BCUT2D eigenvalue weighted by molar-refractivity contribution is -0.142. The van der Waals surface area contributed by atoms with E-state index in [4.69, 9.17) is 4.74 Å². The van der Waals surface area contributed by atoms with Crippen molar-refractivity contribution in [2.24, 2.45) is 0 Å². The molecule has 0 fully saturated rings. The summed E-state index contributed by atoms with van der Waals surface area (Å²) >= 11 is 0. The average molecular weight is 434 g/mol. The number of nitrogens with one attached hydrogen (secondary N) is 1. The van der Waals surface area contributed by atoms with Crippen LogP contribution in [-0.2, 0) is 20.5 Å². The molecule has 0 aliphatic carbocycles. The van der Waals surface area contributed by atoms with E-state index in [0.29, 0.717) is 5.56 Å². The fraction of sp³-hybridized carbons (Fsp3) is 0.100. The molecule has 0 spiro atoms. The maximum Gasteiger partial charge on any atom is 0.416 e. The third-order valence-electron chi connectivity index (χ3n) is 3.89. The maximum atomic E-state index is 13.0. The number of carbonyl (C=O) groups is 2. The van der Waals surface area contributed by atoms with E-state index >= 15 is 0 Å². The van der Waals surface area contributed by atoms with Gasteiger partial charge in [-0.3, -0.25) is 4.79 Å². The van der Waals surface area contributed by atoms with Crippen molar-refractivity contribution in [1.82, 2.24) is 14.8 Å². The first-order valence-electron chi connectivity index (χ1n) is 8.69. The molecule has 0 bridgehead atoms. The molecule has 0 saturated heterocycles. The van der Waals surface area contributed by atoms with Gasteiger partial charge < -0.3 is 10.1 Å². The first kappa shape index (κ1) is 21.7. The van der Waals surface area contributed by atoms with E-state index in [9.17, 15) is 27.2 Å². The summed E-state index contributed by atoms with van der Waals surface area (Å²) in [5.74, 6) is -2.15. The Morgan fingerprint density at radius 2 is 1.87 bits per heavy atom. The van der Waals surface area contributed by atoms with Gasteiger partial charge in [-0.25, -0.2) is 18.9 Å². The average Bonchev–Trinajstić information content (AvgIpc) is 3.26. The van der Waals surface area contributed by atoms with Gasteiger partial charge in [0.2, 0.25) is 0 Å². The van der Waals surface area contributed by atoms with Crippen molar-refractivity contribution in [1.29, 1.82) is 0 Å². The number of nitrogens with zero attached hydrogens (tertiary/aromatic N) is 3. The Morgan fingerprint density at radius 1 is 1.13 bits per heavy atom. The van der Waals surface area contributed by atoms with Crippen LogP contribution < -0.4 is 5.32 Å². The Balaban J connectivity index is 1.66. The van der Waals surface area contributed by atoms with Gasteiger partial charge >= 0.3 is 12.1 Å². The quantitative estimate of drug-likeness (QED) is 0.364. The number of alkyl halides is 3. The molecule has 1 N–H and O–H groups in total. The fourth-order valence-electron chi connectivity index (χ4n) is 2.45. The van der Waals surface area contributed by atoms with Crippen LogP contribution in [0.1, 0.15) is 11.1 Å². The maximum absolute atomic E-state index is 13.0. The number of hydrogen-bond acceptors (Lipinski definition) is 5. The van der Waals surface area contributed by atoms with E-state index in [2.05, 4.69) is 15.4 Å². The van der Waals surface area contributed by atoms with Crippen molar-refractivity contribution in [2.75, 3.05) is 11.9 Å². The normalized spacial score (nSPS) is 11.5. The smallest absolute Gasteiger partial charge is 0.416 e. The molecule has 0 unspecified atom stereocenters. The monoisotopic (exact) mass is 434 g/mol. The van der Waals surface area contributed by atoms with Gasteiger partial charge in [-0.15, -0.1) is 0 Å². The van der Waals surface area contributed by atoms with Gasteiger partial charge in [0.05, 0.1) is 16.9 Å². The summed E-state index contributed by atoms with van der Waals surface area (Å²) in [7, 11) is 0. The number of esters is 1. The molecule has 0 atom stereocenters. The van der Waals surface area contributed by atoms with Crippen LogP contribution in [0.15, 0.2) is 61.2 Å². The Kier molecular flexibility index (Phi) is 6.43. The minimum atomic E-state index is -4.63. The van der Waals surface area contributed by atoms with E-state index in [0.717, 1.165) is 24.3 Å². The number of aromatic nitrogens is 3. The molecule has 2 aromatic carbocycles. The van der Waals surface area contributed by atoms with Crippen LogP contribution in [0.3, 0.4) is 0 Å². The lowest BCUT2D eigenvalue weighted by Crippen LogP contribution is -2.21. The van der Waals surface area contributed by atoms with Crippen LogP contribution in [0.25, 0.3) is 11.8 Å². The number of ether oxygens (including phenoxy) is 1. The molecule has 31 heavy (non-hydrogen) atoms. The molecule has 0 radical (unpaired) electrons. The molecule has 0 aliphatic rings. The highest BCUT2D eigenvalue weighted by atomic mass is 19.4. The highest BCUT2D eigenvalue weighted by molar-refractivity contribution is 5.96. The molecule has 11 heteroatoms. The van der Waals surface area contributed by atoms with Crippen LogP contribution >= 0.6 is 0 Å². The third kappa shape index (κ3) is 5.98. The van der Waals surface area contributed by atoms with Crippen molar-refractivity contribution in [3.8, 4) is 5.69 Å². The van der Waals surface area contributed by atoms with Gasteiger partial charge in [0.15, 0.2) is 6.61 Å². The molecule has 0 aliphatic heterocycles. The van der Waals surface area contributed by atoms with Gasteiger partial charge in [0.1, 0.15) is 18.5 Å². The van der Waals surface area contributed by atoms with Crippen LogP contribution in [0, 0.1) is 5.82 Å². The number of amides is 1. The van der Waals surface area contributed by atoms with Crippen molar-refractivity contribution < 1.29 is 31.9 Å². The highest BCUT2D eigenvalue weighted by Crippen LogP contribution is 2.33. The van der Waals surface area contributed by atoms with Gasteiger partial charge in [-0.05, 0) is 42.0 Å². The van der Waals surface area contributed by atoms with Crippen molar-refractivity contribution in [2.45, 2.75) is 6.18 Å². The Labute approximate surface area is 173 Å². The van der Waals surface area contributed by atoms with Crippen molar-refractivity contribution in [3.05, 3.63) is 78.1 Å². The SMILES string of the molecule is O=C(COC(=O)/C=C/c1ccc(F)cc1)Nc1cc(C(F)(F)F)ccc1-n1cncn1. The highest BCUT2D eigenvalue weighted by Gasteiger charge is 2.31. The molecular weight excluding hydrogens is 420 g/mol. The molecule has 1 heterocycles. The van der Waals surface area contributed by atoms with Gasteiger partial charge in [-0.1, -0.05) is 12.1 Å². The van der Waals surface area contributed by atoms with E-state index in [1.807, 2.05) is 0 Å². The van der Waals surface area contributed by atoms with Gasteiger partial charge in [-0.2, -0.15) is 18.3 Å². The second-order valence-corrected chi connectivity index (χ2v) is 6.11. The van der Waals surface area contributed by atoms with Crippen LogP contribution in [0.5, 0.6) is 0 Å². The standard InChI is InChI=1S/C20H14F4N4O3/c21-15-5-1-13(2-6-15)3-8-19(30)31-10-18(29)27-16-9-14(20(22,23)24)4-7-17(16)28-12-25-11-26-28/h1-9,11-12H,10H2,(H,27,29)/b8-3+. The molecule has 3 rings (SSSR count). The number of rotatable bonds is 6. The first-order chi connectivity index (χ1) is 14.7. The van der Waals surface area contributed by atoms with Crippen molar-refractivity contribution in [3.63, 3.8) is 0 Å². The van der Waals surface area contributed by atoms with Gasteiger partial charge in [0.25, 0.3) is 5.91 Å². The Morgan fingerprint density at radius 3 is 2.52 bits per heavy atom. The minimum absolute atomic E-state index is 0.140. The fourth-order valence-corrected chi connectivity index (χ4v) is 2.45. The molecule has 1 amide bonds. The lowest BCUT2D eigenvalue weighted by Gasteiger charge is -2.14. The zero-order chi connectivity index (χ0) is 22.4. The summed E-state index contributed by atoms with van der Waals surface area (Å²) in [4.78, 5) is 27.6.